The Morgan fingerprint density at radius 2 is 1.66 bits per heavy atom. The Morgan fingerprint density at radius 3 is 2.32 bits per heavy atom. The van der Waals surface area contributed by atoms with E-state index in [0.29, 0.717) is 15.8 Å². The zero-order valence-corrected chi connectivity index (χ0v) is 22.6. The van der Waals surface area contributed by atoms with Crippen molar-refractivity contribution in [2.24, 2.45) is 0 Å². The molecule has 1 N–H and O–H groups in total. The first kappa shape index (κ1) is 26.8. The molecule has 1 aliphatic heterocycles. The van der Waals surface area contributed by atoms with E-state index in [1.807, 2.05) is 26.0 Å². The predicted molar refractivity (Wildman–Crippen MR) is 146 cm³/mol. The third-order valence-electron chi connectivity index (χ3n) is 5.69. The van der Waals surface area contributed by atoms with E-state index in [2.05, 4.69) is 27.3 Å². The number of rotatable bonds is 7. The summed E-state index contributed by atoms with van der Waals surface area (Å²) in [6.45, 7) is 6.22. The van der Waals surface area contributed by atoms with Crippen LogP contribution in [0.4, 0.5) is 10.5 Å². The van der Waals surface area contributed by atoms with Crippen molar-refractivity contribution >= 4 is 51.5 Å². The number of benzene rings is 3. The summed E-state index contributed by atoms with van der Waals surface area (Å²) in [5.41, 5.74) is 3.92. The van der Waals surface area contributed by atoms with Gasteiger partial charge in [0.1, 0.15) is 17.9 Å². The Labute approximate surface area is 228 Å². The van der Waals surface area contributed by atoms with Crippen molar-refractivity contribution in [1.82, 2.24) is 5.32 Å². The third-order valence-corrected chi connectivity index (χ3v) is 6.18. The molecule has 0 bridgehead atoms. The van der Waals surface area contributed by atoms with Gasteiger partial charge < -0.3 is 9.47 Å². The maximum absolute atomic E-state index is 13.4. The molecule has 9 heteroatoms. The highest BCUT2D eigenvalue weighted by Crippen LogP contribution is 2.29. The lowest BCUT2D eigenvalue weighted by atomic mass is 10.1. The van der Waals surface area contributed by atoms with Crippen LogP contribution in [0.3, 0.4) is 0 Å². The maximum atomic E-state index is 13.4. The molecule has 1 heterocycles. The lowest BCUT2D eigenvalue weighted by Gasteiger charge is -2.26. The third kappa shape index (κ3) is 6.00. The fourth-order valence-electron chi connectivity index (χ4n) is 4.09. The lowest BCUT2D eigenvalue weighted by molar-refractivity contribution is -0.122. The van der Waals surface area contributed by atoms with Gasteiger partial charge in [-0.1, -0.05) is 45.3 Å². The smallest absolute Gasteiger partial charge is 0.338 e. The van der Waals surface area contributed by atoms with E-state index in [0.717, 1.165) is 21.6 Å². The van der Waals surface area contributed by atoms with Crippen LogP contribution in [0.5, 0.6) is 5.75 Å². The summed E-state index contributed by atoms with van der Waals surface area (Å²) in [6, 6.07) is 16.3. The number of urea groups is 1. The highest BCUT2D eigenvalue weighted by molar-refractivity contribution is 9.10. The number of hydrogen-bond acceptors (Lipinski definition) is 6. The highest BCUT2D eigenvalue weighted by atomic mass is 79.9. The van der Waals surface area contributed by atoms with Gasteiger partial charge in [0.2, 0.25) is 0 Å². The van der Waals surface area contributed by atoms with Gasteiger partial charge in [0.25, 0.3) is 11.8 Å². The second kappa shape index (κ2) is 11.4. The van der Waals surface area contributed by atoms with Crippen molar-refractivity contribution < 1.29 is 28.7 Å². The van der Waals surface area contributed by atoms with Crippen molar-refractivity contribution in [3.05, 3.63) is 98.5 Å². The molecule has 0 aliphatic carbocycles. The van der Waals surface area contributed by atoms with Crippen LogP contribution in [0.1, 0.15) is 39.5 Å². The number of barbiturate groups is 1. The summed E-state index contributed by atoms with van der Waals surface area (Å²) in [4.78, 5) is 51.4. The molecular weight excluding hydrogens is 552 g/mol. The predicted octanol–water partition coefficient (Wildman–Crippen LogP) is 5.49. The number of nitrogens with one attached hydrogen (secondary N) is 1. The molecule has 3 aromatic rings. The number of nitrogens with zero attached hydrogens (tertiary/aromatic N) is 1. The first-order valence-corrected chi connectivity index (χ1v) is 12.6. The summed E-state index contributed by atoms with van der Waals surface area (Å²) in [6.07, 6.45) is 1.39. The standard InChI is InChI=1S/C29H25BrN2O6/c1-4-37-28(35)20-5-8-23(9-6-20)32-27(34)24(26(33)31-29(32)36)15-21-14-22(30)7-10-25(21)38-16-19-12-17(2)11-18(3)13-19/h5-15H,4,16H2,1-3H3,(H,31,33,36)/b24-15+. The quantitative estimate of drug-likeness (QED) is 0.227. The molecule has 0 aromatic heterocycles. The number of esters is 1. The van der Waals surface area contributed by atoms with E-state index >= 15 is 0 Å². The summed E-state index contributed by atoms with van der Waals surface area (Å²) in [7, 11) is 0. The number of anilines is 1. The van der Waals surface area contributed by atoms with Crippen LogP contribution in [0.15, 0.2) is 70.7 Å². The molecule has 0 spiro atoms. The Morgan fingerprint density at radius 1 is 0.974 bits per heavy atom. The summed E-state index contributed by atoms with van der Waals surface area (Å²) >= 11 is 3.42. The summed E-state index contributed by atoms with van der Waals surface area (Å²) in [5.74, 6) is -1.68. The van der Waals surface area contributed by atoms with Gasteiger partial charge >= 0.3 is 12.0 Å². The average molecular weight is 577 g/mol. The van der Waals surface area contributed by atoms with Crippen molar-refractivity contribution in [3.63, 3.8) is 0 Å². The molecule has 3 aromatic carbocycles. The van der Waals surface area contributed by atoms with Gasteiger partial charge in [-0.3, -0.25) is 14.9 Å². The second-order valence-corrected chi connectivity index (χ2v) is 9.61. The zero-order chi connectivity index (χ0) is 27.4. The molecule has 1 aliphatic rings. The second-order valence-electron chi connectivity index (χ2n) is 8.69. The van der Waals surface area contributed by atoms with Crippen LogP contribution < -0.4 is 15.0 Å². The van der Waals surface area contributed by atoms with E-state index < -0.39 is 23.8 Å². The SMILES string of the molecule is CCOC(=O)c1ccc(N2C(=O)NC(=O)/C(=C\c3cc(Br)ccc3OCc3cc(C)cc(C)c3)C2=O)cc1. The molecule has 1 saturated heterocycles. The minimum absolute atomic E-state index is 0.194. The van der Waals surface area contributed by atoms with Crippen LogP contribution >= 0.6 is 15.9 Å². The maximum Gasteiger partial charge on any atom is 0.338 e. The van der Waals surface area contributed by atoms with Gasteiger partial charge in [-0.15, -0.1) is 0 Å². The molecule has 38 heavy (non-hydrogen) atoms. The number of aryl methyl sites for hydroxylation is 2. The largest absolute Gasteiger partial charge is 0.488 e. The van der Waals surface area contributed by atoms with Gasteiger partial charge in [0.15, 0.2) is 0 Å². The van der Waals surface area contributed by atoms with E-state index in [9.17, 15) is 19.2 Å². The molecule has 1 fully saturated rings. The summed E-state index contributed by atoms with van der Waals surface area (Å²) < 4.78 is 11.7. The van der Waals surface area contributed by atoms with E-state index in [1.54, 1.807) is 25.1 Å². The van der Waals surface area contributed by atoms with Crippen LogP contribution in [-0.2, 0) is 20.9 Å². The van der Waals surface area contributed by atoms with Gasteiger partial charge in [0, 0.05) is 10.0 Å². The molecule has 0 saturated carbocycles. The number of hydrogen-bond donors (Lipinski definition) is 1. The number of amides is 4. The molecule has 0 radical (unpaired) electrons. The van der Waals surface area contributed by atoms with Gasteiger partial charge in [-0.25, -0.2) is 14.5 Å². The van der Waals surface area contributed by atoms with Gasteiger partial charge in [0.05, 0.1) is 17.9 Å². The van der Waals surface area contributed by atoms with E-state index in [-0.39, 0.29) is 30.0 Å². The van der Waals surface area contributed by atoms with Crippen LogP contribution in [0, 0.1) is 13.8 Å². The Balaban J connectivity index is 1.63. The molecule has 4 rings (SSSR count). The molecule has 4 amide bonds. The number of carbonyl (C=O) groups is 4. The summed E-state index contributed by atoms with van der Waals surface area (Å²) in [5, 5.41) is 2.21. The van der Waals surface area contributed by atoms with Crippen molar-refractivity contribution in [2.45, 2.75) is 27.4 Å². The van der Waals surface area contributed by atoms with Crippen molar-refractivity contribution in [3.8, 4) is 5.75 Å². The van der Waals surface area contributed by atoms with Crippen molar-refractivity contribution in [2.75, 3.05) is 11.5 Å². The minimum atomic E-state index is -0.887. The monoisotopic (exact) mass is 576 g/mol. The molecule has 194 valence electrons. The molecular formula is C29H25BrN2O6. The molecule has 0 atom stereocenters. The Bertz CT molecular complexity index is 1440. The van der Waals surface area contributed by atoms with Crippen LogP contribution in [0.25, 0.3) is 6.08 Å². The molecule has 8 nitrogen and oxygen atoms in total. The number of ether oxygens (including phenoxy) is 2. The number of carbonyl (C=O) groups excluding carboxylic acids is 4. The van der Waals surface area contributed by atoms with Crippen LogP contribution in [-0.4, -0.2) is 30.4 Å². The van der Waals surface area contributed by atoms with E-state index in [1.165, 1.54) is 30.3 Å². The highest BCUT2D eigenvalue weighted by Gasteiger charge is 2.37. The zero-order valence-electron chi connectivity index (χ0n) is 21.0. The minimum Gasteiger partial charge on any atom is -0.488 e. The van der Waals surface area contributed by atoms with Gasteiger partial charge in [-0.05, 0) is 74.9 Å². The average Bonchev–Trinajstić information content (AvgIpc) is 2.86. The fourth-order valence-corrected chi connectivity index (χ4v) is 4.46. The number of halogens is 1. The number of imide groups is 2. The van der Waals surface area contributed by atoms with E-state index in [4.69, 9.17) is 9.47 Å². The van der Waals surface area contributed by atoms with Gasteiger partial charge in [-0.2, -0.15) is 0 Å². The normalized spacial score (nSPS) is 14.5. The molecule has 0 unspecified atom stereocenters. The topological polar surface area (TPSA) is 102 Å². The Kier molecular flexibility index (Phi) is 8.07. The first-order chi connectivity index (χ1) is 18.2. The Hall–Kier alpha value is -4.24. The fraction of sp³-hybridized carbons (Fsp3) is 0.172. The van der Waals surface area contributed by atoms with Crippen LogP contribution in [0.2, 0.25) is 0 Å². The lowest BCUT2D eigenvalue weighted by Crippen LogP contribution is -2.54. The first-order valence-electron chi connectivity index (χ1n) is 11.8. The van der Waals surface area contributed by atoms with Crippen molar-refractivity contribution in [1.29, 1.82) is 0 Å².